The first kappa shape index (κ1) is 13.8. The van der Waals surface area contributed by atoms with Crippen molar-refractivity contribution in [1.29, 1.82) is 0 Å². The van der Waals surface area contributed by atoms with Gasteiger partial charge in [-0.3, -0.25) is 0 Å². The molecule has 17 heavy (non-hydrogen) atoms. The minimum Gasteiger partial charge on any atom is -0.507 e. The zero-order chi connectivity index (χ0) is 13.0. The van der Waals surface area contributed by atoms with Crippen LogP contribution >= 0.6 is 0 Å². The van der Waals surface area contributed by atoms with E-state index in [1.807, 2.05) is 18.2 Å². The Morgan fingerprint density at radius 1 is 1.12 bits per heavy atom. The Morgan fingerprint density at radius 3 is 2.12 bits per heavy atom. The molecule has 0 amide bonds. The summed E-state index contributed by atoms with van der Waals surface area (Å²) in [5.41, 5.74) is 8.55. The van der Waals surface area contributed by atoms with Crippen molar-refractivity contribution in [2.75, 3.05) is 6.54 Å². The van der Waals surface area contributed by atoms with E-state index in [1.165, 1.54) is 0 Å². The van der Waals surface area contributed by atoms with Crippen molar-refractivity contribution < 1.29 is 5.11 Å². The van der Waals surface area contributed by atoms with Crippen molar-refractivity contribution in [2.24, 2.45) is 5.73 Å². The van der Waals surface area contributed by atoms with Crippen LogP contribution in [0.3, 0.4) is 0 Å². The predicted octanol–water partition coefficient (Wildman–Crippen LogP) is 3.61. The fourth-order valence-electron chi connectivity index (χ4n) is 1.97. The van der Waals surface area contributed by atoms with Gasteiger partial charge in [-0.2, -0.15) is 0 Å². The lowest BCUT2D eigenvalue weighted by Crippen LogP contribution is -1.98. The molecule has 0 saturated carbocycles. The molecule has 3 N–H and O–H groups in total. The Labute approximate surface area is 104 Å². The highest BCUT2D eigenvalue weighted by atomic mass is 16.3. The lowest BCUT2D eigenvalue weighted by atomic mass is 9.90. The van der Waals surface area contributed by atoms with E-state index in [0.29, 0.717) is 24.1 Å². The Bertz CT molecular complexity index is 406. The van der Waals surface area contributed by atoms with Crippen molar-refractivity contribution in [3.63, 3.8) is 0 Å². The van der Waals surface area contributed by atoms with Crippen LogP contribution in [0.25, 0.3) is 6.08 Å². The molecular formula is C15H23NO. The molecule has 0 unspecified atom stereocenters. The molecule has 1 aromatic rings. The average molecular weight is 233 g/mol. The number of hydrogen-bond acceptors (Lipinski definition) is 2. The van der Waals surface area contributed by atoms with Gasteiger partial charge < -0.3 is 10.8 Å². The number of nitrogens with two attached hydrogens (primary N) is 1. The van der Waals surface area contributed by atoms with Gasteiger partial charge in [0.05, 0.1) is 0 Å². The minimum absolute atomic E-state index is 0.321. The Balaban J connectivity index is 3.36. The highest BCUT2D eigenvalue weighted by Gasteiger charge is 2.14. The quantitative estimate of drug-likeness (QED) is 0.834. The highest BCUT2D eigenvalue weighted by molar-refractivity contribution is 5.64. The fourth-order valence-corrected chi connectivity index (χ4v) is 1.97. The van der Waals surface area contributed by atoms with Crippen LogP contribution in [0.1, 0.15) is 56.2 Å². The molecule has 0 bridgehead atoms. The number of hydrogen-bond donors (Lipinski definition) is 2. The van der Waals surface area contributed by atoms with Gasteiger partial charge >= 0.3 is 0 Å². The van der Waals surface area contributed by atoms with E-state index >= 15 is 0 Å². The van der Waals surface area contributed by atoms with E-state index < -0.39 is 0 Å². The molecule has 0 fully saturated rings. The standard InChI is InChI=1S/C15H23NO/c1-10(2)12-7-8-13(11(3)4)15(17)14(12)6-5-9-16/h5-8,10-11,17H,9,16H2,1-4H3/b6-5+. The van der Waals surface area contributed by atoms with Gasteiger partial charge in [0.1, 0.15) is 5.75 Å². The summed E-state index contributed by atoms with van der Waals surface area (Å²) in [5, 5.41) is 10.3. The molecule has 0 atom stereocenters. The topological polar surface area (TPSA) is 46.2 Å². The van der Waals surface area contributed by atoms with Crippen LogP contribution in [-0.2, 0) is 0 Å². The van der Waals surface area contributed by atoms with Crippen LogP contribution < -0.4 is 5.73 Å². The monoisotopic (exact) mass is 233 g/mol. The Hall–Kier alpha value is -1.28. The number of aromatic hydroxyl groups is 1. The number of rotatable bonds is 4. The Kier molecular flexibility index (Phi) is 4.76. The normalized spacial score (nSPS) is 11.9. The van der Waals surface area contributed by atoms with Gasteiger partial charge in [0.25, 0.3) is 0 Å². The van der Waals surface area contributed by atoms with Gasteiger partial charge in [0, 0.05) is 12.1 Å². The third kappa shape index (κ3) is 3.10. The summed E-state index contributed by atoms with van der Waals surface area (Å²) >= 11 is 0. The lowest BCUT2D eigenvalue weighted by Gasteiger charge is -2.16. The van der Waals surface area contributed by atoms with Crippen molar-refractivity contribution in [3.05, 3.63) is 34.9 Å². The van der Waals surface area contributed by atoms with Crippen molar-refractivity contribution in [3.8, 4) is 5.75 Å². The molecular weight excluding hydrogens is 210 g/mol. The van der Waals surface area contributed by atoms with Crippen LogP contribution in [0.15, 0.2) is 18.2 Å². The van der Waals surface area contributed by atoms with Crippen LogP contribution in [0.5, 0.6) is 5.75 Å². The first-order valence-corrected chi connectivity index (χ1v) is 6.21. The molecule has 2 heteroatoms. The fraction of sp³-hybridized carbons (Fsp3) is 0.467. The number of phenols is 1. The lowest BCUT2D eigenvalue weighted by molar-refractivity contribution is 0.462. The van der Waals surface area contributed by atoms with Gasteiger partial charge in [-0.15, -0.1) is 0 Å². The van der Waals surface area contributed by atoms with E-state index in [1.54, 1.807) is 0 Å². The second kappa shape index (κ2) is 5.87. The largest absolute Gasteiger partial charge is 0.507 e. The molecule has 0 aliphatic heterocycles. The summed E-state index contributed by atoms with van der Waals surface area (Å²) in [4.78, 5) is 0. The van der Waals surface area contributed by atoms with Crippen LogP contribution in [0.4, 0.5) is 0 Å². The van der Waals surface area contributed by atoms with Crippen LogP contribution in [0.2, 0.25) is 0 Å². The highest BCUT2D eigenvalue weighted by Crippen LogP contribution is 2.35. The van der Waals surface area contributed by atoms with Crippen LogP contribution in [0, 0.1) is 0 Å². The van der Waals surface area contributed by atoms with Gasteiger partial charge in [-0.05, 0) is 23.0 Å². The maximum Gasteiger partial charge on any atom is 0.126 e. The maximum atomic E-state index is 10.3. The molecule has 0 aliphatic rings. The first-order valence-electron chi connectivity index (χ1n) is 6.21. The van der Waals surface area contributed by atoms with E-state index in [-0.39, 0.29) is 0 Å². The summed E-state index contributed by atoms with van der Waals surface area (Å²) in [6, 6.07) is 4.13. The molecule has 94 valence electrons. The van der Waals surface area contributed by atoms with Crippen molar-refractivity contribution in [1.82, 2.24) is 0 Å². The SMILES string of the molecule is CC(C)c1ccc(C(C)C)c(/C=C/CN)c1O. The maximum absolute atomic E-state index is 10.3. The molecule has 2 nitrogen and oxygen atoms in total. The first-order chi connectivity index (χ1) is 7.99. The summed E-state index contributed by atoms with van der Waals surface area (Å²) in [6.45, 7) is 8.91. The van der Waals surface area contributed by atoms with Gasteiger partial charge in [0.15, 0.2) is 0 Å². The number of benzene rings is 1. The molecule has 1 rings (SSSR count). The third-order valence-electron chi connectivity index (χ3n) is 2.95. The van der Waals surface area contributed by atoms with Crippen LogP contribution in [-0.4, -0.2) is 11.7 Å². The minimum atomic E-state index is 0.321. The second-order valence-electron chi connectivity index (χ2n) is 4.95. The third-order valence-corrected chi connectivity index (χ3v) is 2.95. The predicted molar refractivity (Wildman–Crippen MR) is 74.4 cm³/mol. The summed E-state index contributed by atoms with van der Waals surface area (Å²) in [6.07, 6.45) is 3.81. The van der Waals surface area contributed by atoms with Gasteiger partial charge in [-0.25, -0.2) is 0 Å². The molecule has 1 aromatic carbocycles. The zero-order valence-electron chi connectivity index (χ0n) is 11.2. The van der Waals surface area contributed by atoms with E-state index in [9.17, 15) is 5.11 Å². The molecule has 0 spiro atoms. The van der Waals surface area contributed by atoms with Gasteiger partial charge in [-0.1, -0.05) is 52.0 Å². The zero-order valence-corrected chi connectivity index (χ0v) is 11.2. The van der Waals surface area contributed by atoms with Crippen molar-refractivity contribution in [2.45, 2.75) is 39.5 Å². The van der Waals surface area contributed by atoms with Crippen molar-refractivity contribution >= 4 is 6.08 Å². The van der Waals surface area contributed by atoms with E-state index in [0.717, 1.165) is 16.7 Å². The summed E-state index contributed by atoms with van der Waals surface area (Å²) in [5.74, 6) is 1.11. The molecule has 0 aromatic heterocycles. The smallest absolute Gasteiger partial charge is 0.126 e. The molecule has 0 aliphatic carbocycles. The second-order valence-corrected chi connectivity index (χ2v) is 4.95. The molecule has 0 saturated heterocycles. The molecule has 0 radical (unpaired) electrons. The summed E-state index contributed by atoms with van der Waals surface area (Å²) in [7, 11) is 0. The van der Waals surface area contributed by atoms with Gasteiger partial charge in [0.2, 0.25) is 0 Å². The Morgan fingerprint density at radius 2 is 1.65 bits per heavy atom. The summed E-state index contributed by atoms with van der Waals surface area (Å²) < 4.78 is 0. The van der Waals surface area contributed by atoms with E-state index in [4.69, 9.17) is 5.73 Å². The molecule has 0 heterocycles. The average Bonchev–Trinajstić information content (AvgIpc) is 2.26. The number of phenolic OH excluding ortho intramolecular Hbond substituents is 1. The van der Waals surface area contributed by atoms with E-state index in [2.05, 4.69) is 33.8 Å².